The van der Waals surface area contributed by atoms with E-state index in [-0.39, 0.29) is 31.4 Å². The van der Waals surface area contributed by atoms with Crippen LogP contribution in [0.4, 0.5) is 11.4 Å². The Balaban J connectivity index is 1.55. The Morgan fingerprint density at radius 2 is 1.96 bits per heavy atom. The molecule has 1 heterocycles. The summed E-state index contributed by atoms with van der Waals surface area (Å²) in [5.41, 5.74) is 7.70. The smallest absolute Gasteiger partial charge is 0.262 e. The van der Waals surface area contributed by atoms with Crippen molar-refractivity contribution in [1.29, 1.82) is 0 Å². The number of aryl methyl sites for hydroxylation is 1. The third kappa shape index (κ3) is 4.69. The molecule has 1 saturated heterocycles. The van der Waals surface area contributed by atoms with Crippen LogP contribution in [0.15, 0.2) is 46.9 Å². The van der Waals surface area contributed by atoms with Crippen LogP contribution in [-0.2, 0) is 14.4 Å². The number of nitrogens with one attached hydrogen (secondary N) is 1. The molecule has 2 aromatic carbocycles. The van der Waals surface area contributed by atoms with Crippen LogP contribution in [0.1, 0.15) is 12.0 Å². The van der Waals surface area contributed by atoms with E-state index < -0.39 is 11.8 Å². The van der Waals surface area contributed by atoms with E-state index in [0.29, 0.717) is 17.1 Å². The number of hydrogen-bond acceptors (Lipinski definition) is 4. The van der Waals surface area contributed by atoms with E-state index >= 15 is 0 Å². The Hall–Kier alpha value is -2.87. The molecule has 3 rings (SSSR count). The first-order valence-corrected chi connectivity index (χ1v) is 9.51. The Morgan fingerprint density at radius 3 is 2.57 bits per heavy atom. The first kappa shape index (κ1) is 19.9. The fraction of sp³-hybridized carbons (Fsp3) is 0.250. The summed E-state index contributed by atoms with van der Waals surface area (Å²) in [5.74, 6) is -0.858. The molecule has 0 aliphatic carbocycles. The van der Waals surface area contributed by atoms with Crippen molar-refractivity contribution in [2.45, 2.75) is 13.3 Å². The number of carbonyl (C=O) groups excluding carboxylic acids is 3. The van der Waals surface area contributed by atoms with E-state index in [1.165, 1.54) is 4.90 Å². The van der Waals surface area contributed by atoms with Crippen molar-refractivity contribution in [2.24, 2.45) is 11.7 Å². The summed E-state index contributed by atoms with van der Waals surface area (Å²) >= 11 is 3.41. The van der Waals surface area contributed by atoms with Crippen LogP contribution in [0.2, 0.25) is 0 Å². The van der Waals surface area contributed by atoms with Crippen molar-refractivity contribution in [3.63, 3.8) is 0 Å². The molecular weight excluding hydrogens is 426 g/mol. The van der Waals surface area contributed by atoms with Gasteiger partial charge in [0.15, 0.2) is 6.61 Å². The molecule has 2 aromatic rings. The van der Waals surface area contributed by atoms with Crippen molar-refractivity contribution in [1.82, 2.24) is 0 Å². The summed E-state index contributed by atoms with van der Waals surface area (Å²) in [6.07, 6.45) is 0.127. The molecule has 8 heteroatoms. The lowest BCUT2D eigenvalue weighted by Gasteiger charge is -2.16. The summed E-state index contributed by atoms with van der Waals surface area (Å²) in [6, 6.07) is 12.4. The lowest BCUT2D eigenvalue weighted by molar-refractivity contribution is -0.123. The van der Waals surface area contributed by atoms with Crippen molar-refractivity contribution in [3.05, 3.63) is 52.5 Å². The van der Waals surface area contributed by atoms with Gasteiger partial charge in [-0.05, 0) is 64.8 Å². The van der Waals surface area contributed by atoms with Crippen LogP contribution < -0.4 is 20.7 Å². The van der Waals surface area contributed by atoms with E-state index in [0.717, 1.165) is 10.0 Å². The number of nitrogens with two attached hydrogens (primary N) is 1. The predicted octanol–water partition coefficient (Wildman–Crippen LogP) is 2.61. The highest BCUT2D eigenvalue weighted by Crippen LogP contribution is 2.27. The van der Waals surface area contributed by atoms with Crippen LogP contribution in [0, 0.1) is 12.8 Å². The van der Waals surface area contributed by atoms with E-state index in [9.17, 15) is 14.4 Å². The number of hydrogen-bond donors (Lipinski definition) is 2. The van der Waals surface area contributed by atoms with Gasteiger partial charge in [0.1, 0.15) is 5.75 Å². The number of amides is 3. The van der Waals surface area contributed by atoms with Crippen molar-refractivity contribution in [3.8, 4) is 5.75 Å². The number of anilines is 2. The van der Waals surface area contributed by atoms with Crippen LogP contribution in [0.5, 0.6) is 5.75 Å². The molecule has 0 unspecified atom stereocenters. The average Bonchev–Trinajstić information content (AvgIpc) is 3.05. The van der Waals surface area contributed by atoms with Crippen molar-refractivity contribution in [2.75, 3.05) is 23.4 Å². The summed E-state index contributed by atoms with van der Waals surface area (Å²) in [5, 5.41) is 2.78. The minimum absolute atomic E-state index is 0.127. The number of ether oxygens (including phenoxy) is 1. The van der Waals surface area contributed by atoms with Crippen molar-refractivity contribution >= 4 is 45.0 Å². The third-order valence-corrected chi connectivity index (χ3v) is 5.10. The van der Waals surface area contributed by atoms with Gasteiger partial charge in [-0.15, -0.1) is 0 Å². The SMILES string of the molecule is Cc1ccc(NC(=O)COc2ccc(N3C[C@H](C(N)=O)CC3=O)cc2)c(Br)c1. The summed E-state index contributed by atoms with van der Waals surface area (Å²) in [7, 11) is 0. The maximum Gasteiger partial charge on any atom is 0.262 e. The van der Waals surface area contributed by atoms with E-state index in [4.69, 9.17) is 10.5 Å². The van der Waals surface area contributed by atoms with Crippen LogP contribution >= 0.6 is 15.9 Å². The molecule has 1 aliphatic rings. The summed E-state index contributed by atoms with van der Waals surface area (Å²) in [6.45, 7) is 2.10. The molecule has 1 fully saturated rings. The molecule has 0 spiro atoms. The molecule has 7 nitrogen and oxygen atoms in total. The highest BCUT2D eigenvalue weighted by molar-refractivity contribution is 9.10. The molecule has 0 aromatic heterocycles. The lowest BCUT2D eigenvalue weighted by Crippen LogP contribution is -2.28. The molecule has 0 saturated carbocycles. The van der Waals surface area contributed by atoms with Gasteiger partial charge in [0.05, 0.1) is 11.6 Å². The molecule has 1 atom stereocenters. The number of benzene rings is 2. The zero-order valence-electron chi connectivity index (χ0n) is 15.3. The normalized spacial score (nSPS) is 16.1. The molecule has 146 valence electrons. The quantitative estimate of drug-likeness (QED) is 0.712. The molecule has 3 amide bonds. The zero-order valence-corrected chi connectivity index (χ0v) is 16.9. The maximum absolute atomic E-state index is 12.1. The number of nitrogens with zero attached hydrogens (tertiary/aromatic N) is 1. The fourth-order valence-electron chi connectivity index (χ4n) is 2.93. The second-order valence-corrected chi connectivity index (χ2v) is 7.48. The first-order chi connectivity index (χ1) is 13.3. The number of primary amides is 1. The molecule has 28 heavy (non-hydrogen) atoms. The predicted molar refractivity (Wildman–Crippen MR) is 109 cm³/mol. The first-order valence-electron chi connectivity index (χ1n) is 8.72. The van der Waals surface area contributed by atoms with Gasteiger partial charge in [-0.3, -0.25) is 14.4 Å². The molecule has 3 N–H and O–H groups in total. The Morgan fingerprint density at radius 1 is 1.25 bits per heavy atom. The standard InChI is InChI=1S/C20H20BrN3O4/c1-12-2-7-17(16(21)8-12)23-18(25)11-28-15-5-3-14(4-6-15)24-10-13(20(22)27)9-19(24)26/h2-8,13H,9-11H2,1H3,(H2,22,27)(H,23,25)/t13-/m1/s1. The monoisotopic (exact) mass is 445 g/mol. The second-order valence-electron chi connectivity index (χ2n) is 6.62. The molecule has 1 aliphatic heterocycles. The zero-order chi connectivity index (χ0) is 20.3. The number of halogens is 1. The minimum atomic E-state index is -0.470. The van der Waals surface area contributed by atoms with E-state index in [1.807, 2.05) is 25.1 Å². The van der Waals surface area contributed by atoms with Gasteiger partial charge in [-0.25, -0.2) is 0 Å². The van der Waals surface area contributed by atoms with Crippen LogP contribution in [-0.4, -0.2) is 30.9 Å². The Bertz CT molecular complexity index is 914. The van der Waals surface area contributed by atoms with E-state index in [1.54, 1.807) is 24.3 Å². The molecular formula is C20H20BrN3O4. The number of rotatable bonds is 6. The summed E-state index contributed by atoms with van der Waals surface area (Å²) < 4.78 is 6.30. The Labute approximate surface area is 171 Å². The Kier molecular flexibility index (Phi) is 5.99. The molecule has 0 radical (unpaired) electrons. The summed E-state index contributed by atoms with van der Waals surface area (Å²) in [4.78, 5) is 36.9. The van der Waals surface area contributed by atoms with Gasteiger partial charge < -0.3 is 20.7 Å². The third-order valence-electron chi connectivity index (χ3n) is 4.44. The number of carbonyl (C=O) groups is 3. The molecule has 0 bridgehead atoms. The average molecular weight is 446 g/mol. The van der Waals surface area contributed by atoms with Crippen LogP contribution in [0.25, 0.3) is 0 Å². The highest BCUT2D eigenvalue weighted by Gasteiger charge is 2.33. The van der Waals surface area contributed by atoms with E-state index in [2.05, 4.69) is 21.2 Å². The second kappa shape index (κ2) is 8.43. The topological polar surface area (TPSA) is 102 Å². The van der Waals surface area contributed by atoms with Gasteiger partial charge in [0.2, 0.25) is 11.8 Å². The lowest BCUT2D eigenvalue weighted by atomic mass is 10.1. The van der Waals surface area contributed by atoms with Gasteiger partial charge in [-0.2, -0.15) is 0 Å². The van der Waals surface area contributed by atoms with Gasteiger partial charge in [0.25, 0.3) is 5.91 Å². The van der Waals surface area contributed by atoms with Crippen molar-refractivity contribution < 1.29 is 19.1 Å². The van der Waals surface area contributed by atoms with Gasteiger partial charge in [0, 0.05) is 23.1 Å². The van der Waals surface area contributed by atoms with Gasteiger partial charge >= 0.3 is 0 Å². The highest BCUT2D eigenvalue weighted by atomic mass is 79.9. The van der Waals surface area contributed by atoms with Crippen LogP contribution in [0.3, 0.4) is 0 Å². The van der Waals surface area contributed by atoms with Gasteiger partial charge in [-0.1, -0.05) is 6.07 Å². The minimum Gasteiger partial charge on any atom is -0.484 e. The fourth-order valence-corrected chi connectivity index (χ4v) is 3.52. The largest absolute Gasteiger partial charge is 0.484 e. The maximum atomic E-state index is 12.1.